The Hall–Kier alpha value is -2.11. The molecule has 0 aliphatic heterocycles. The summed E-state index contributed by atoms with van der Waals surface area (Å²) in [5.41, 5.74) is 0.611. The first kappa shape index (κ1) is 14.3. The van der Waals surface area contributed by atoms with E-state index in [0.29, 0.717) is 11.6 Å². The molecule has 6 heteroatoms. The van der Waals surface area contributed by atoms with Crippen molar-refractivity contribution in [3.63, 3.8) is 0 Å². The van der Waals surface area contributed by atoms with Gasteiger partial charge in [0.2, 0.25) is 0 Å². The van der Waals surface area contributed by atoms with Crippen LogP contribution in [0.1, 0.15) is 36.5 Å². The van der Waals surface area contributed by atoms with Crippen molar-refractivity contribution in [3.8, 4) is 0 Å². The largest absolute Gasteiger partial charge is 0.388 e. The fourth-order valence-electron chi connectivity index (χ4n) is 2.25. The number of carbonyl (C=O) groups is 1. The quantitative estimate of drug-likeness (QED) is 0.618. The highest BCUT2D eigenvalue weighted by molar-refractivity contribution is 5.99. The average Bonchev–Trinajstić information content (AvgIpc) is 3.21. The molecule has 1 aromatic carbocycles. The molecule has 0 bridgehead atoms. The summed E-state index contributed by atoms with van der Waals surface area (Å²) in [6, 6.07) is 4.49. The molecule has 1 atom stereocenters. The fraction of sp³-hybridized carbons (Fsp3) is 0.500. The van der Waals surface area contributed by atoms with Gasteiger partial charge in [0.25, 0.3) is 11.6 Å². The highest BCUT2D eigenvalue weighted by atomic mass is 16.6. The van der Waals surface area contributed by atoms with Gasteiger partial charge in [-0.05, 0) is 31.4 Å². The standard InChI is InChI=1S/C14H19N3O3/c1-9(7-10-3-4-10)16-14(18)12-8-11(15-2)5-6-13(12)17(19)20/h5-6,8-10,15H,3-4,7H2,1-2H3,(H,16,18). The first-order valence-corrected chi connectivity index (χ1v) is 6.78. The van der Waals surface area contributed by atoms with Gasteiger partial charge in [-0.3, -0.25) is 14.9 Å². The second-order valence-electron chi connectivity index (χ2n) is 5.29. The zero-order chi connectivity index (χ0) is 14.7. The lowest BCUT2D eigenvalue weighted by Gasteiger charge is -2.14. The van der Waals surface area contributed by atoms with Crippen LogP contribution in [0.5, 0.6) is 0 Å². The van der Waals surface area contributed by atoms with Crippen molar-refractivity contribution in [2.24, 2.45) is 5.92 Å². The Balaban J connectivity index is 2.15. The lowest BCUT2D eigenvalue weighted by atomic mass is 10.1. The maximum absolute atomic E-state index is 12.2. The van der Waals surface area contributed by atoms with E-state index >= 15 is 0 Å². The van der Waals surface area contributed by atoms with Crippen LogP contribution >= 0.6 is 0 Å². The monoisotopic (exact) mass is 277 g/mol. The average molecular weight is 277 g/mol. The summed E-state index contributed by atoms with van der Waals surface area (Å²) in [6.07, 6.45) is 3.37. The number of benzene rings is 1. The van der Waals surface area contributed by atoms with E-state index in [1.165, 1.54) is 25.0 Å². The number of anilines is 1. The highest BCUT2D eigenvalue weighted by Crippen LogP contribution is 2.33. The molecule has 1 amide bonds. The molecule has 2 rings (SSSR count). The molecule has 1 saturated carbocycles. The zero-order valence-corrected chi connectivity index (χ0v) is 11.7. The molecule has 1 fully saturated rings. The maximum Gasteiger partial charge on any atom is 0.282 e. The molecule has 108 valence electrons. The molecular weight excluding hydrogens is 258 g/mol. The number of carbonyl (C=O) groups excluding carboxylic acids is 1. The van der Waals surface area contributed by atoms with Crippen LogP contribution < -0.4 is 10.6 Å². The van der Waals surface area contributed by atoms with Crippen LogP contribution in [0.2, 0.25) is 0 Å². The van der Waals surface area contributed by atoms with Gasteiger partial charge in [-0.2, -0.15) is 0 Å². The summed E-state index contributed by atoms with van der Waals surface area (Å²) in [4.78, 5) is 22.7. The summed E-state index contributed by atoms with van der Waals surface area (Å²) in [7, 11) is 1.71. The smallest absolute Gasteiger partial charge is 0.282 e. The van der Waals surface area contributed by atoms with E-state index in [1.807, 2.05) is 6.92 Å². The van der Waals surface area contributed by atoms with Gasteiger partial charge in [0.05, 0.1) is 4.92 Å². The summed E-state index contributed by atoms with van der Waals surface area (Å²) < 4.78 is 0. The van der Waals surface area contributed by atoms with Crippen LogP contribution in [0.15, 0.2) is 18.2 Å². The SMILES string of the molecule is CNc1ccc([N+](=O)[O-])c(C(=O)NC(C)CC2CC2)c1. The number of nitrogens with one attached hydrogen (secondary N) is 2. The van der Waals surface area contributed by atoms with Crippen molar-refractivity contribution in [1.82, 2.24) is 5.32 Å². The van der Waals surface area contributed by atoms with Crippen molar-refractivity contribution < 1.29 is 9.72 Å². The first-order chi connectivity index (χ1) is 9.51. The number of hydrogen-bond acceptors (Lipinski definition) is 4. The van der Waals surface area contributed by atoms with Gasteiger partial charge < -0.3 is 10.6 Å². The fourth-order valence-corrected chi connectivity index (χ4v) is 2.25. The minimum absolute atomic E-state index is 0.0350. The Morgan fingerprint density at radius 1 is 1.50 bits per heavy atom. The second kappa shape index (κ2) is 5.90. The molecule has 1 aliphatic carbocycles. The van der Waals surface area contributed by atoms with Gasteiger partial charge in [-0.25, -0.2) is 0 Å². The Kier molecular flexibility index (Phi) is 4.22. The van der Waals surface area contributed by atoms with Crippen LogP contribution in [0, 0.1) is 16.0 Å². The molecule has 1 aromatic rings. The van der Waals surface area contributed by atoms with Gasteiger partial charge >= 0.3 is 0 Å². The third-order valence-corrected chi connectivity index (χ3v) is 3.49. The third-order valence-electron chi connectivity index (χ3n) is 3.49. The molecule has 0 spiro atoms. The summed E-state index contributed by atoms with van der Waals surface area (Å²) >= 11 is 0. The second-order valence-corrected chi connectivity index (χ2v) is 5.29. The van der Waals surface area contributed by atoms with Crippen LogP contribution in [0.25, 0.3) is 0 Å². The number of hydrogen-bond donors (Lipinski definition) is 2. The van der Waals surface area contributed by atoms with E-state index < -0.39 is 4.92 Å². The maximum atomic E-state index is 12.2. The highest BCUT2D eigenvalue weighted by Gasteiger charge is 2.26. The molecular formula is C14H19N3O3. The Bertz CT molecular complexity index is 526. The summed E-state index contributed by atoms with van der Waals surface area (Å²) in [6.45, 7) is 1.93. The van der Waals surface area contributed by atoms with Crippen LogP contribution in [0.4, 0.5) is 11.4 Å². The summed E-state index contributed by atoms with van der Waals surface area (Å²) in [5.74, 6) is 0.311. The minimum Gasteiger partial charge on any atom is -0.388 e. The van der Waals surface area contributed by atoms with Gasteiger partial charge in [0, 0.05) is 24.8 Å². The number of amides is 1. The van der Waals surface area contributed by atoms with Crippen molar-refractivity contribution in [1.29, 1.82) is 0 Å². The van der Waals surface area contributed by atoms with E-state index in [2.05, 4.69) is 10.6 Å². The van der Waals surface area contributed by atoms with Crippen molar-refractivity contribution in [2.75, 3.05) is 12.4 Å². The van der Waals surface area contributed by atoms with Crippen LogP contribution in [-0.4, -0.2) is 23.9 Å². The molecule has 1 aliphatic rings. The van der Waals surface area contributed by atoms with Gasteiger partial charge in [0.1, 0.15) is 5.56 Å². The van der Waals surface area contributed by atoms with Crippen molar-refractivity contribution in [2.45, 2.75) is 32.2 Å². The number of nitro benzene ring substituents is 1. The Morgan fingerprint density at radius 3 is 2.75 bits per heavy atom. The summed E-state index contributed by atoms with van der Waals surface area (Å²) in [5, 5.41) is 16.7. The van der Waals surface area contributed by atoms with E-state index in [4.69, 9.17) is 0 Å². The molecule has 0 heterocycles. The molecule has 1 unspecified atom stereocenters. The normalized spacial score (nSPS) is 15.5. The first-order valence-electron chi connectivity index (χ1n) is 6.78. The third kappa shape index (κ3) is 3.46. The van der Waals surface area contributed by atoms with Crippen molar-refractivity contribution in [3.05, 3.63) is 33.9 Å². The van der Waals surface area contributed by atoms with E-state index in [-0.39, 0.29) is 23.2 Å². The molecule has 2 N–H and O–H groups in total. The number of rotatable bonds is 6. The van der Waals surface area contributed by atoms with Crippen LogP contribution in [0.3, 0.4) is 0 Å². The lowest BCUT2D eigenvalue weighted by Crippen LogP contribution is -2.33. The van der Waals surface area contributed by atoms with Gasteiger partial charge in [-0.15, -0.1) is 0 Å². The zero-order valence-electron chi connectivity index (χ0n) is 11.7. The predicted molar refractivity (Wildman–Crippen MR) is 76.9 cm³/mol. The van der Waals surface area contributed by atoms with Gasteiger partial charge in [-0.1, -0.05) is 12.8 Å². The molecule has 0 saturated heterocycles. The topological polar surface area (TPSA) is 84.3 Å². The molecule has 6 nitrogen and oxygen atoms in total. The Morgan fingerprint density at radius 2 is 2.20 bits per heavy atom. The van der Waals surface area contributed by atoms with E-state index in [1.54, 1.807) is 13.1 Å². The van der Waals surface area contributed by atoms with E-state index in [0.717, 1.165) is 6.42 Å². The number of nitrogens with zero attached hydrogens (tertiary/aromatic N) is 1. The van der Waals surface area contributed by atoms with Crippen LogP contribution in [-0.2, 0) is 0 Å². The minimum atomic E-state index is -0.528. The number of nitro groups is 1. The molecule has 0 aromatic heterocycles. The van der Waals surface area contributed by atoms with E-state index in [9.17, 15) is 14.9 Å². The Labute approximate surface area is 117 Å². The predicted octanol–water partition coefficient (Wildman–Crippen LogP) is 2.55. The lowest BCUT2D eigenvalue weighted by molar-refractivity contribution is -0.385. The van der Waals surface area contributed by atoms with Gasteiger partial charge in [0.15, 0.2) is 0 Å². The molecule has 0 radical (unpaired) electrons. The van der Waals surface area contributed by atoms with Crippen molar-refractivity contribution >= 4 is 17.3 Å². The molecule has 20 heavy (non-hydrogen) atoms.